The van der Waals surface area contributed by atoms with Crippen LogP contribution >= 0.6 is 0 Å². The Bertz CT molecular complexity index is 503. The Morgan fingerprint density at radius 3 is 2.43 bits per heavy atom. The molecular weight excluding hydrogens is 262 g/mol. The molecule has 0 unspecified atom stereocenters. The molecule has 0 spiro atoms. The van der Waals surface area contributed by atoms with Gasteiger partial charge in [0.2, 0.25) is 0 Å². The minimum Gasteiger partial charge on any atom is -0.322 e. The molecule has 2 aliphatic rings. The number of piperazine rings is 1. The smallest absolute Gasteiger partial charge is 0.321 e. The highest BCUT2D eigenvalue weighted by atomic mass is 16.2. The molecule has 1 aromatic rings. The molecule has 2 amide bonds. The first-order valence-corrected chi connectivity index (χ1v) is 8.04. The van der Waals surface area contributed by atoms with Gasteiger partial charge in [0, 0.05) is 37.9 Å². The third-order valence-electron chi connectivity index (χ3n) is 4.49. The quantitative estimate of drug-likeness (QED) is 0.927. The van der Waals surface area contributed by atoms with Gasteiger partial charge in [-0.25, -0.2) is 4.79 Å². The van der Waals surface area contributed by atoms with Crippen LogP contribution in [0.25, 0.3) is 0 Å². The molecule has 4 heteroatoms. The van der Waals surface area contributed by atoms with E-state index in [-0.39, 0.29) is 6.03 Å². The van der Waals surface area contributed by atoms with Gasteiger partial charge >= 0.3 is 6.03 Å². The number of nitrogens with one attached hydrogen (secondary N) is 1. The van der Waals surface area contributed by atoms with Crippen molar-refractivity contribution < 1.29 is 4.79 Å². The van der Waals surface area contributed by atoms with E-state index in [0.717, 1.165) is 37.9 Å². The van der Waals surface area contributed by atoms with Crippen molar-refractivity contribution >= 4 is 11.7 Å². The lowest BCUT2D eigenvalue weighted by atomic mass is 10.0. The molecule has 3 rings (SSSR count). The van der Waals surface area contributed by atoms with Crippen LogP contribution in [-0.4, -0.2) is 48.1 Å². The van der Waals surface area contributed by atoms with Crippen molar-refractivity contribution in [2.75, 3.05) is 31.5 Å². The fraction of sp³-hybridized carbons (Fsp3) is 0.588. The van der Waals surface area contributed by atoms with E-state index in [1.807, 2.05) is 23.1 Å². The van der Waals surface area contributed by atoms with Gasteiger partial charge in [0.25, 0.3) is 0 Å². The van der Waals surface area contributed by atoms with E-state index in [1.54, 1.807) is 0 Å². The second kappa shape index (κ2) is 6.06. The molecule has 114 valence electrons. The van der Waals surface area contributed by atoms with Crippen molar-refractivity contribution in [2.45, 2.75) is 38.6 Å². The summed E-state index contributed by atoms with van der Waals surface area (Å²) in [6, 6.07) is 8.93. The van der Waals surface area contributed by atoms with Crippen LogP contribution in [0.15, 0.2) is 24.3 Å². The number of anilines is 1. The Morgan fingerprint density at radius 2 is 1.81 bits per heavy atom. The zero-order valence-electron chi connectivity index (χ0n) is 13.0. The Hall–Kier alpha value is -1.55. The van der Waals surface area contributed by atoms with Crippen molar-refractivity contribution in [1.29, 1.82) is 0 Å². The maximum atomic E-state index is 12.4. The van der Waals surface area contributed by atoms with Gasteiger partial charge in [-0.1, -0.05) is 32.0 Å². The summed E-state index contributed by atoms with van der Waals surface area (Å²) in [6.45, 7) is 8.02. The number of urea groups is 1. The molecule has 1 aliphatic heterocycles. The predicted molar refractivity (Wildman–Crippen MR) is 85.7 cm³/mol. The van der Waals surface area contributed by atoms with Crippen molar-refractivity contribution in [3.63, 3.8) is 0 Å². The highest BCUT2D eigenvalue weighted by Crippen LogP contribution is 2.28. The molecular formula is C17H25N3O. The lowest BCUT2D eigenvalue weighted by molar-refractivity contribution is 0.142. The molecule has 1 saturated heterocycles. The van der Waals surface area contributed by atoms with Gasteiger partial charge in [-0.2, -0.15) is 0 Å². The highest BCUT2D eigenvalue weighted by molar-refractivity contribution is 5.90. The lowest BCUT2D eigenvalue weighted by Gasteiger charge is -2.35. The number of nitrogens with zero attached hydrogens (tertiary/aromatic N) is 2. The Labute approximate surface area is 127 Å². The molecule has 1 heterocycles. The van der Waals surface area contributed by atoms with Gasteiger partial charge in [0.1, 0.15) is 0 Å². The molecule has 2 fully saturated rings. The number of benzene rings is 1. The fourth-order valence-electron chi connectivity index (χ4n) is 3.04. The number of rotatable bonds is 3. The maximum Gasteiger partial charge on any atom is 0.321 e. The first-order valence-electron chi connectivity index (χ1n) is 8.04. The van der Waals surface area contributed by atoms with Crippen molar-refractivity contribution in [3.05, 3.63) is 29.8 Å². The number of carbonyl (C=O) groups is 1. The van der Waals surface area contributed by atoms with Crippen molar-refractivity contribution in [2.24, 2.45) is 0 Å². The first kappa shape index (κ1) is 14.4. The minimum atomic E-state index is 0.0403. The third kappa shape index (κ3) is 3.38. The molecule has 4 nitrogen and oxygen atoms in total. The molecule has 0 atom stereocenters. The highest BCUT2D eigenvalue weighted by Gasteiger charge is 2.32. The SMILES string of the molecule is CC(C)c1ccccc1NC(=O)N1CCN(C2CC2)CC1. The molecule has 0 aromatic heterocycles. The van der Waals surface area contributed by atoms with Crippen LogP contribution in [0.2, 0.25) is 0 Å². The van der Waals surface area contributed by atoms with E-state index < -0.39 is 0 Å². The second-order valence-electron chi connectivity index (χ2n) is 6.43. The van der Waals surface area contributed by atoms with Crippen LogP contribution in [0.3, 0.4) is 0 Å². The maximum absolute atomic E-state index is 12.4. The second-order valence-corrected chi connectivity index (χ2v) is 6.43. The summed E-state index contributed by atoms with van der Waals surface area (Å²) in [4.78, 5) is 16.9. The number of hydrogen-bond donors (Lipinski definition) is 1. The van der Waals surface area contributed by atoms with Crippen molar-refractivity contribution in [3.8, 4) is 0 Å². The zero-order valence-corrected chi connectivity index (χ0v) is 13.0. The molecule has 0 bridgehead atoms. The Balaban J connectivity index is 1.59. The molecule has 1 aliphatic carbocycles. The van der Waals surface area contributed by atoms with E-state index >= 15 is 0 Å². The molecule has 0 radical (unpaired) electrons. The first-order chi connectivity index (χ1) is 10.1. The van der Waals surface area contributed by atoms with Crippen molar-refractivity contribution in [1.82, 2.24) is 9.80 Å². The van der Waals surface area contributed by atoms with Gasteiger partial charge in [-0.05, 0) is 30.4 Å². The summed E-state index contributed by atoms with van der Waals surface area (Å²) in [5.74, 6) is 0.410. The minimum absolute atomic E-state index is 0.0403. The normalized spacial score (nSPS) is 19.9. The van der Waals surface area contributed by atoms with E-state index in [2.05, 4.69) is 30.1 Å². The monoisotopic (exact) mass is 287 g/mol. The van der Waals surface area contributed by atoms with Gasteiger partial charge in [-0.15, -0.1) is 0 Å². The molecule has 1 N–H and O–H groups in total. The summed E-state index contributed by atoms with van der Waals surface area (Å²) >= 11 is 0. The number of hydrogen-bond acceptors (Lipinski definition) is 2. The van der Waals surface area contributed by atoms with E-state index in [4.69, 9.17) is 0 Å². The average Bonchev–Trinajstić information content (AvgIpc) is 3.32. The molecule has 1 aromatic carbocycles. The number of para-hydroxylation sites is 1. The fourth-order valence-corrected chi connectivity index (χ4v) is 3.04. The Morgan fingerprint density at radius 1 is 1.14 bits per heavy atom. The summed E-state index contributed by atoms with van der Waals surface area (Å²) in [5.41, 5.74) is 2.14. The standard InChI is InChI=1S/C17H25N3O/c1-13(2)15-5-3-4-6-16(15)18-17(21)20-11-9-19(10-12-20)14-7-8-14/h3-6,13-14H,7-12H2,1-2H3,(H,18,21). The summed E-state index contributed by atoms with van der Waals surface area (Å²) < 4.78 is 0. The average molecular weight is 287 g/mol. The van der Waals surface area contributed by atoms with Gasteiger partial charge in [-0.3, -0.25) is 4.90 Å². The van der Waals surface area contributed by atoms with Gasteiger partial charge in [0.05, 0.1) is 0 Å². The summed E-state index contributed by atoms with van der Waals surface area (Å²) in [7, 11) is 0. The number of carbonyl (C=O) groups excluding carboxylic acids is 1. The van der Waals surface area contributed by atoms with Crippen LogP contribution in [0.1, 0.15) is 38.2 Å². The summed E-state index contributed by atoms with van der Waals surface area (Å²) in [6.07, 6.45) is 2.68. The number of amides is 2. The summed E-state index contributed by atoms with van der Waals surface area (Å²) in [5, 5.41) is 3.09. The van der Waals surface area contributed by atoms with E-state index in [1.165, 1.54) is 18.4 Å². The van der Waals surface area contributed by atoms with Crippen LogP contribution in [0.4, 0.5) is 10.5 Å². The predicted octanol–water partition coefficient (Wildman–Crippen LogP) is 3.12. The lowest BCUT2D eigenvalue weighted by Crippen LogP contribution is -2.50. The third-order valence-corrected chi connectivity index (χ3v) is 4.49. The van der Waals surface area contributed by atoms with Crippen LogP contribution in [0, 0.1) is 0 Å². The van der Waals surface area contributed by atoms with E-state index in [9.17, 15) is 4.79 Å². The topological polar surface area (TPSA) is 35.6 Å². The molecule has 21 heavy (non-hydrogen) atoms. The largest absolute Gasteiger partial charge is 0.322 e. The van der Waals surface area contributed by atoms with Crippen LogP contribution in [0.5, 0.6) is 0 Å². The Kier molecular flexibility index (Phi) is 4.15. The van der Waals surface area contributed by atoms with Gasteiger partial charge in [0.15, 0.2) is 0 Å². The molecule has 1 saturated carbocycles. The zero-order chi connectivity index (χ0) is 14.8. The van der Waals surface area contributed by atoms with Crippen LogP contribution in [-0.2, 0) is 0 Å². The van der Waals surface area contributed by atoms with E-state index in [0.29, 0.717) is 5.92 Å². The van der Waals surface area contributed by atoms with Crippen LogP contribution < -0.4 is 5.32 Å². The van der Waals surface area contributed by atoms with Gasteiger partial charge < -0.3 is 10.2 Å².